The van der Waals surface area contributed by atoms with Crippen LogP contribution in [0.25, 0.3) is 42.0 Å². The average molecular weight is 329 g/mol. The number of rotatable bonds is 2. The van der Waals surface area contributed by atoms with Gasteiger partial charge in [-0.05, 0) is 18.1 Å². The Bertz CT molecular complexity index is 1220. The molecule has 0 amide bonds. The van der Waals surface area contributed by atoms with Gasteiger partial charge in [-0.25, -0.2) is 0 Å². The third kappa shape index (κ3) is 1.75. The minimum Gasteiger partial charge on any atom is -0.342 e. The van der Waals surface area contributed by atoms with Crippen molar-refractivity contribution in [2.45, 2.75) is 19.8 Å². The number of benzene rings is 3. The van der Waals surface area contributed by atoms with Gasteiger partial charge < -0.3 is 4.57 Å². The number of hydrogen-bond acceptors (Lipinski definition) is 1. The molecule has 0 saturated heterocycles. The van der Waals surface area contributed by atoms with E-state index in [9.17, 15) is 0 Å². The summed E-state index contributed by atoms with van der Waals surface area (Å²) in [6, 6.07) is 20.1. The summed E-state index contributed by atoms with van der Waals surface area (Å²) >= 11 is 1.92. The molecule has 0 atom stereocenters. The second kappa shape index (κ2) is 5.09. The van der Waals surface area contributed by atoms with Crippen LogP contribution in [-0.2, 0) is 13.5 Å². The maximum Gasteiger partial charge on any atom is 0.0670 e. The summed E-state index contributed by atoms with van der Waals surface area (Å²) < 4.78 is 5.21. The quantitative estimate of drug-likeness (QED) is 0.341. The zero-order valence-electron chi connectivity index (χ0n) is 14.0. The molecule has 0 N–H and O–H groups in total. The summed E-state index contributed by atoms with van der Waals surface area (Å²) in [5.74, 6) is 0. The lowest BCUT2D eigenvalue weighted by Gasteiger charge is -2.05. The molecule has 0 radical (unpaired) electrons. The van der Waals surface area contributed by atoms with Gasteiger partial charge in [-0.3, -0.25) is 0 Å². The van der Waals surface area contributed by atoms with E-state index in [1.807, 2.05) is 11.3 Å². The molecule has 0 bridgehead atoms. The molecule has 0 fully saturated rings. The fourth-order valence-corrected chi connectivity index (χ4v) is 5.40. The number of thiophene rings is 1. The largest absolute Gasteiger partial charge is 0.342 e. The Labute approximate surface area is 145 Å². The highest BCUT2D eigenvalue weighted by Crippen LogP contribution is 2.41. The molecule has 1 nitrogen and oxygen atoms in total. The Morgan fingerprint density at radius 2 is 1.54 bits per heavy atom. The van der Waals surface area contributed by atoms with Crippen molar-refractivity contribution in [3.8, 4) is 0 Å². The van der Waals surface area contributed by atoms with Crippen molar-refractivity contribution in [3.05, 3.63) is 60.2 Å². The molecule has 3 aromatic carbocycles. The molecule has 2 heteroatoms. The lowest BCUT2D eigenvalue weighted by atomic mass is 10.0. The molecule has 0 aliphatic carbocycles. The standard InChI is InChI=1S/C22H19NS/c1-3-7-14-8-6-10-16-17-12-13-18-15-9-4-5-11-19(15)24-22(18)21(17)23(2)20(14)16/h4-6,8-13H,3,7H2,1-2H3. The van der Waals surface area contributed by atoms with E-state index in [0.717, 1.165) is 6.42 Å². The number of aromatic nitrogens is 1. The van der Waals surface area contributed by atoms with Gasteiger partial charge in [0.15, 0.2) is 0 Å². The van der Waals surface area contributed by atoms with Gasteiger partial charge in [0.25, 0.3) is 0 Å². The Morgan fingerprint density at radius 3 is 2.42 bits per heavy atom. The Balaban J connectivity index is 2.02. The van der Waals surface area contributed by atoms with Gasteiger partial charge in [0, 0.05) is 33.3 Å². The monoisotopic (exact) mass is 329 g/mol. The fraction of sp³-hybridized carbons (Fsp3) is 0.182. The molecule has 0 saturated carbocycles. The molecule has 2 aromatic heterocycles. The third-order valence-electron chi connectivity index (χ3n) is 5.12. The Hall–Kier alpha value is -2.32. The maximum absolute atomic E-state index is 2.42. The highest BCUT2D eigenvalue weighted by atomic mass is 32.1. The second-order valence-corrected chi connectivity index (χ2v) is 7.61. The molecule has 24 heavy (non-hydrogen) atoms. The van der Waals surface area contributed by atoms with E-state index in [4.69, 9.17) is 0 Å². The molecule has 0 aliphatic rings. The van der Waals surface area contributed by atoms with Crippen molar-refractivity contribution >= 4 is 53.3 Å². The van der Waals surface area contributed by atoms with Crippen molar-refractivity contribution in [1.82, 2.24) is 4.57 Å². The van der Waals surface area contributed by atoms with Crippen molar-refractivity contribution in [1.29, 1.82) is 0 Å². The van der Waals surface area contributed by atoms with E-state index in [1.54, 1.807) is 0 Å². The first-order valence-corrected chi connectivity index (χ1v) is 9.41. The Kier molecular flexibility index (Phi) is 2.98. The summed E-state index contributed by atoms with van der Waals surface area (Å²) in [6.07, 6.45) is 2.32. The lowest BCUT2D eigenvalue weighted by Crippen LogP contribution is -1.92. The zero-order chi connectivity index (χ0) is 16.3. The zero-order valence-corrected chi connectivity index (χ0v) is 14.8. The topological polar surface area (TPSA) is 4.93 Å². The predicted molar refractivity (Wildman–Crippen MR) is 107 cm³/mol. The van der Waals surface area contributed by atoms with Crippen LogP contribution in [-0.4, -0.2) is 4.57 Å². The van der Waals surface area contributed by atoms with Crippen LogP contribution >= 0.6 is 11.3 Å². The maximum atomic E-state index is 2.42. The molecule has 118 valence electrons. The minimum absolute atomic E-state index is 1.14. The number of nitrogens with zero attached hydrogens (tertiary/aromatic N) is 1. The molecule has 0 spiro atoms. The van der Waals surface area contributed by atoms with Crippen LogP contribution < -0.4 is 0 Å². The van der Waals surface area contributed by atoms with Crippen molar-refractivity contribution in [2.75, 3.05) is 0 Å². The first-order chi connectivity index (χ1) is 11.8. The van der Waals surface area contributed by atoms with Gasteiger partial charge in [0.1, 0.15) is 0 Å². The fourth-order valence-electron chi connectivity index (χ4n) is 4.11. The van der Waals surface area contributed by atoms with E-state index in [2.05, 4.69) is 73.1 Å². The summed E-state index contributed by atoms with van der Waals surface area (Å²) in [6.45, 7) is 2.26. The first kappa shape index (κ1) is 14.1. The molecular formula is C22H19NS. The van der Waals surface area contributed by atoms with Crippen LogP contribution in [0.5, 0.6) is 0 Å². The van der Waals surface area contributed by atoms with E-state index >= 15 is 0 Å². The minimum atomic E-state index is 1.14. The smallest absolute Gasteiger partial charge is 0.0670 e. The van der Waals surface area contributed by atoms with Crippen molar-refractivity contribution in [3.63, 3.8) is 0 Å². The van der Waals surface area contributed by atoms with Gasteiger partial charge in [-0.1, -0.05) is 61.9 Å². The van der Waals surface area contributed by atoms with Crippen molar-refractivity contribution in [2.24, 2.45) is 7.05 Å². The summed E-state index contributed by atoms with van der Waals surface area (Å²) in [5.41, 5.74) is 4.24. The summed E-state index contributed by atoms with van der Waals surface area (Å²) in [4.78, 5) is 0. The molecule has 0 unspecified atom stereocenters. The van der Waals surface area contributed by atoms with Crippen LogP contribution in [0.1, 0.15) is 18.9 Å². The van der Waals surface area contributed by atoms with Crippen molar-refractivity contribution < 1.29 is 0 Å². The highest BCUT2D eigenvalue weighted by Gasteiger charge is 2.16. The molecule has 2 heterocycles. The van der Waals surface area contributed by atoms with Crippen LogP contribution in [0.2, 0.25) is 0 Å². The third-order valence-corrected chi connectivity index (χ3v) is 6.31. The van der Waals surface area contributed by atoms with Gasteiger partial charge in [-0.2, -0.15) is 0 Å². The first-order valence-electron chi connectivity index (χ1n) is 8.60. The van der Waals surface area contributed by atoms with Crippen LogP contribution in [0.15, 0.2) is 54.6 Å². The molecule has 0 aliphatic heterocycles. The van der Waals surface area contributed by atoms with Gasteiger partial charge in [0.2, 0.25) is 0 Å². The Morgan fingerprint density at radius 1 is 0.792 bits per heavy atom. The van der Waals surface area contributed by atoms with E-state index in [0.29, 0.717) is 0 Å². The van der Waals surface area contributed by atoms with E-state index in [-0.39, 0.29) is 0 Å². The number of para-hydroxylation sites is 1. The van der Waals surface area contributed by atoms with Gasteiger partial charge in [-0.15, -0.1) is 11.3 Å². The molecule has 5 aromatic rings. The molecular weight excluding hydrogens is 310 g/mol. The summed E-state index contributed by atoms with van der Waals surface area (Å²) in [7, 11) is 2.23. The highest BCUT2D eigenvalue weighted by molar-refractivity contribution is 7.26. The lowest BCUT2D eigenvalue weighted by molar-refractivity contribution is 0.912. The normalized spacial score (nSPS) is 12.1. The average Bonchev–Trinajstić information content (AvgIpc) is 3.12. The van der Waals surface area contributed by atoms with Gasteiger partial charge in [0.05, 0.1) is 15.7 Å². The number of aryl methyl sites for hydroxylation is 2. The second-order valence-electron chi connectivity index (χ2n) is 6.56. The van der Waals surface area contributed by atoms with E-state index < -0.39 is 0 Å². The summed E-state index contributed by atoms with van der Waals surface area (Å²) in [5, 5.41) is 5.52. The number of fused-ring (bicyclic) bond motifs is 7. The van der Waals surface area contributed by atoms with Crippen LogP contribution in [0.4, 0.5) is 0 Å². The van der Waals surface area contributed by atoms with Crippen LogP contribution in [0.3, 0.4) is 0 Å². The SMILES string of the molecule is CCCc1cccc2c3ccc4c5ccccc5sc4c3n(C)c12. The van der Waals surface area contributed by atoms with E-state index in [1.165, 1.54) is 54.0 Å². The predicted octanol–water partition coefficient (Wildman–Crippen LogP) is 6.65. The molecule has 5 rings (SSSR count). The number of hydrogen-bond donors (Lipinski definition) is 0. The van der Waals surface area contributed by atoms with Crippen LogP contribution in [0, 0.1) is 0 Å². The van der Waals surface area contributed by atoms with Gasteiger partial charge >= 0.3 is 0 Å².